The van der Waals surface area contributed by atoms with Crippen molar-refractivity contribution in [2.45, 2.75) is 13.8 Å². The van der Waals surface area contributed by atoms with Crippen LogP contribution in [0.3, 0.4) is 0 Å². The topological polar surface area (TPSA) is 58.2 Å². The summed E-state index contributed by atoms with van der Waals surface area (Å²) in [7, 11) is 0. The number of rotatable bonds is 6. The second-order valence-corrected chi connectivity index (χ2v) is 4.63. The van der Waals surface area contributed by atoms with E-state index in [1.807, 2.05) is 0 Å². The van der Waals surface area contributed by atoms with Crippen molar-refractivity contribution < 1.29 is 14.0 Å². The lowest BCUT2D eigenvalue weighted by atomic mass is 10.2. The first kappa shape index (κ1) is 15.9. The summed E-state index contributed by atoms with van der Waals surface area (Å²) >= 11 is 0. The van der Waals surface area contributed by atoms with Gasteiger partial charge in [-0.25, -0.2) is 4.39 Å². The molecule has 4 nitrogen and oxygen atoms in total. The quantitative estimate of drug-likeness (QED) is 0.615. The molecule has 2 N–H and O–H groups in total. The highest BCUT2D eigenvalue weighted by atomic mass is 19.1. The summed E-state index contributed by atoms with van der Waals surface area (Å²) < 4.78 is 12.9. The Kier molecular flexibility index (Phi) is 6.43. The van der Waals surface area contributed by atoms with Crippen LogP contribution in [0.2, 0.25) is 0 Å². The minimum atomic E-state index is -0.344. The molecule has 0 unspecified atom stereocenters. The number of hydrogen-bond donors (Lipinski definition) is 2. The molecule has 0 heterocycles. The molecule has 0 bridgehead atoms. The minimum absolute atomic E-state index is 0.0467. The van der Waals surface area contributed by atoms with Gasteiger partial charge in [-0.3, -0.25) is 9.59 Å². The van der Waals surface area contributed by atoms with E-state index in [0.29, 0.717) is 18.7 Å². The van der Waals surface area contributed by atoms with Gasteiger partial charge in [-0.2, -0.15) is 0 Å². The molecular weight excluding hydrogens is 259 g/mol. The van der Waals surface area contributed by atoms with E-state index in [0.717, 1.165) is 0 Å². The van der Waals surface area contributed by atoms with Gasteiger partial charge >= 0.3 is 0 Å². The van der Waals surface area contributed by atoms with Crippen molar-refractivity contribution in [2.75, 3.05) is 13.1 Å². The normalized spacial score (nSPS) is 10.8. The van der Waals surface area contributed by atoms with Gasteiger partial charge in [0.25, 0.3) is 0 Å². The third-order valence-electron chi connectivity index (χ3n) is 2.52. The van der Waals surface area contributed by atoms with Gasteiger partial charge in [0.15, 0.2) is 0 Å². The molecule has 1 rings (SSSR count). The summed E-state index contributed by atoms with van der Waals surface area (Å²) in [5.41, 5.74) is 0.619. The Hall–Kier alpha value is -2.17. The van der Waals surface area contributed by atoms with Gasteiger partial charge in [0.05, 0.1) is 0 Å². The van der Waals surface area contributed by atoms with Gasteiger partial charge in [-0.15, -0.1) is 0 Å². The fraction of sp³-hybridized carbons (Fsp3) is 0.333. The van der Waals surface area contributed by atoms with Gasteiger partial charge in [-0.05, 0) is 23.8 Å². The number of amides is 2. The van der Waals surface area contributed by atoms with E-state index in [9.17, 15) is 14.0 Å². The minimum Gasteiger partial charge on any atom is -0.354 e. The Morgan fingerprint density at radius 3 is 2.60 bits per heavy atom. The van der Waals surface area contributed by atoms with Crippen LogP contribution in [0.4, 0.5) is 4.39 Å². The molecule has 0 aromatic heterocycles. The van der Waals surface area contributed by atoms with Crippen molar-refractivity contribution in [3.63, 3.8) is 0 Å². The maximum absolute atomic E-state index is 12.9. The third kappa shape index (κ3) is 6.13. The lowest BCUT2D eigenvalue weighted by Crippen LogP contribution is -2.35. The van der Waals surface area contributed by atoms with Gasteiger partial charge < -0.3 is 10.6 Å². The Labute approximate surface area is 118 Å². The fourth-order valence-electron chi connectivity index (χ4n) is 1.42. The van der Waals surface area contributed by atoms with Crippen LogP contribution in [0.1, 0.15) is 19.4 Å². The predicted molar refractivity (Wildman–Crippen MR) is 76.3 cm³/mol. The Balaban J connectivity index is 2.28. The van der Waals surface area contributed by atoms with Crippen LogP contribution >= 0.6 is 0 Å². The Bertz CT molecular complexity index is 498. The standard InChI is InChI=1S/C15H19FN2O2/c1-11(2)15(20)18-9-8-17-14(19)7-6-12-4-3-5-13(16)10-12/h3-7,10-11H,8-9H2,1-2H3,(H,17,19)(H,18,20)/b7-6+. The lowest BCUT2D eigenvalue weighted by molar-refractivity contribution is -0.124. The Morgan fingerprint density at radius 2 is 1.95 bits per heavy atom. The van der Waals surface area contributed by atoms with Crippen LogP contribution in [0.15, 0.2) is 30.3 Å². The summed E-state index contributed by atoms with van der Waals surface area (Å²) in [4.78, 5) is 22.7. The second-order valence-electron chi connectivity index (χ2n) is 4.63. The van der Waals surface area contributed by atoms with Gasteiger partial charge in [0.1, 0.15) is 5.82 Å². The maximum Gasteiger partial charge on any atom is 0.244 e. The van der Waals surface area contributed by atoms with Crippen molar-refractivity contribution >= 4 is 17.9 Å². The van der Waals surface area contributed by atoms with E-state index in [-0.39, 0.29) is 23.5 Å². The van der Waals surface area contributed by atoms with Gasteiger partial charge in [-0.1, -0.05) is 26.0 Å². The number of carbonyl (C=O) groups is 2. The van der Waals surface area contributed by atoms with Crippen molar-refractivity contribution in [2.24, 2.45) is 5.92 Å². The molecule has 1 aromatic carbocycles. The summed E-state index contributed by atoms with van der Waals surface area (Å²) in [5, 5.41) is 5.32. The highest BCUT2D eigenvalue weighted by molar-refractivity contribution is 5.91. The van der Waals surface area contributed by atoms with E-state index in [1.54, 1.807) is 26.0 Å². The van der Waals surface area contributed by atoms with E-state index >= 15 is 0 Å². The summed E-state index contributed by atoms with van der Waals surface area (Å²) in [6, 6.07) is 5.96. The van der Waals surface area contributed by atoms with Gasteiger partial charge in [0, 0.05) is 25.1 Å². The molecule has 5 heteroatoms. The summed E-state index contributed by atoms with van der Waals surface area (Å²) in [5.74, 6) is -0.745. The summed E-state index contributed by atoms with van der Waals surface area (Å²) in [6.45, 7) is 4.34. The van der Waals surface area contributed by atoms with Crippen LogP contribution in [-0.4, -0.2) is 24.9 Å². The third-order valence-corrected chi connectivity index (χ3v) is 2.52. The number of benzene rings is 1. The van der Waals surface area contributed by atoms with Crippen LogP contribution in [-0.2, 0) is 9.59 Å². The highest BCUT2D eigenvalue weighted by Crippen LogP contribution is 2.04. The van der Waals surface area contributed by atoms with Crippen LogP contribution in [0, 0.1) is 11.7 Å². The van der Waals surface area contributed by atoms with E-state index in [4.69, 9.17) is 0 Å². The average Bonchev–Trinajstić information content (AvgIpc) is 2.41. The largest absolute Gasteiger partial charge is 0.354 e. The first-order valence-electron chi connectivity index (χ1n) is 6.48. The molecular formula is C15H19FN2O2. The highest BCUT2D eigenvalue weighted by Gasteiger charge is 2.04. The molecule has 0 saturated carbocycles. The number of carbonyl (C=O) groups excluding carboxylic acids is 2. The van der Waals surface area contributed by atoms with Crippen LogP contribution < -0.4 is 10.6 Å². The molecule has 0 fully saturated rings. The number of hydrogen-bond acceptors (Lipinski definition) is 2. The fourth-order valence-corrected chi connectivity index (χ4v) is 1.42. The average molecular weight is 278 g/mol. The second kappa shape index (κ2) is 8.09. The molecule has 108 valence electrons. The van der Waals surface area contributed by atoms with Crippen molar-refractivity contribution in [1.29, 1.82) is 0 Å². The first-order chi connectivity index (χ1) is 9.49. The van der Waals surface area contributed by atoms with Crippen LogP contribution in [0.5, 0.6) is 0 Å². The molecule has 2 amide bonds. The van der Waals surface area contributed by atoms with Gasteiger partial charge in [0.2, 0.25) is 11.8 Å². The molecule has 0 saturated heterocycles. The monoisotopic (exact) mass is 278 g/mol. The maximum atomic E-state index is 12.9. The molecule has 0 atom stereocenters. The SMILES string of the molecule is CC(C)C(=O)NCCNC(=O)/C=C/c1cccc(F)c1. The van der Waals surface area contributed by atoms with Crippen molar-refractivity contribution in [3.05, 3.63) is 41.7 Å². The molecule has 0 radical (unpaired) electrons. The zero-order chi connectivity index (χ0) is 15.0. The van der Waals surface area contributed by atoms with E-state index in [1.165, 1.54) is 24.3 Å². The zero-order valence-electron chi connectivity index (χ0n) is 11.7. The number of halogens is 1. The van der Waals surface area contributed by atoms with Crippen LogP contribution in [0.25, 0.3) is 6.08 Å². The smallest absolute Gasteiger partial charge is 0.244 e. The van der Waals surface area contributed by atoms with Crippen molar-refractivity contribution in [1.82, 2.24) is 10.6 Å². The summed E-state index contributed by atoms with van der Waals surface area (Å²) in [6.07, 6.45) is 2.87. The van der Waals surface area contributed by atoms with E-state index in [2.05, 4.69) is 10.6 Å². The Morgan fingerprint density at radius 1 is 1.25 bits per heavy atom. The zero-order valence-corrected chi connectivity index (χ0v) is 11.7. The predicted octanol–water partition coefficient (Wildman–Crippen LogP) is 1.73. The molecule has 0 aliphatic heterocycles. The van der Waals surface area contributed by atoms with E-state index < -0.39 is 0 Å². The lowest BCUT2D eigenvalue weighted by Gasteiger charge is -2.07. The molecule has 0 aliphatic rings. The van der Waals surface area contributed by atoms with Crippen molar-refractivity contribution in [3.8, 4) is 0 Å². The molecule has 20 heavy (non-hydrogen) atoms. The molecule has 0 aliphatic carbocycles. The number of nitrogens with one attached hydrogen (secondary N) is 2. The molecule has 1 aromatic rings. The first-order valence-corrected chi connectivity index (χ1v) is 6.48. The molecule has 0 spiro atoms.